The van der Waals surface area contributed by atoms with Gasteiger partial charge in [0, 0.05) is 17.2 Å². The maximum atomic E-state index is 12.0. The SMILES string of the molecule is C[C@H]1CCC[NH+](CC(=O)Nc2ccc(C(N)=O)cc2)C1. The molecule has 1 aromatic rings. The van der Waals surface area contributed by atoms with Gasteiger partial charge in [-0.15, -0.1) is 0 Å². The lowest BCUT2D eigenvalue weighted by Gasteiger charge is -2.27. The zero-order chi connectivity index (χ0) is 14.5. The summed E-state index contributed by atoms with van der Waals surface area (Å²) in [6, 6.07) is 6.64. The molecule has 2 atom stereocenters. The molecule has 0 spiro atoms. The molecule has 2 rings (SSSR count). The third kappa shape index (κ3) is 4.06. The normalized spacial score (nSPS) is 22.2. The van der Waals surface area contributed by atoms with E-state index >= 15 is 0 Å². The molecule has 0 saturated carbocycles. The van der Waals surface area contributed by atoms with Gasteiger partial charge >= 0.3 is 0 Å². The van der Waals surface area contributed by atoms with Crippen molar-refractivity contribution < 1.29 is 14.5 Å². The Bertz CT molecular complexity index is 484. The Labute approximate surface area is 119 Å². The third-order valence-electron chi connectivity index (χ3n) is 3.73. The number of anilines is 1. The van der Waals surface area contributed by atoms with Crippen molar-refractivity contribution in [2.75, 3.05) is 25.0 Å². The molecule has 1 unspecified atom stereocenters. The standard InChI is InChI=1S/C15H21N3O2/c1-11-3-2-8-18(9-11)10-14(19)17-13-6-4-12(5-7-13)15(16)20/h4-7,11H,2-3,8-10H2,1H3,(H2,16,20)(H,17,19)/p+1/t11-/m0/s1. The molecular formula is C15H22N3O2+. The van der Waals surface area contributed by atoms with E-state index in [1.807, 2.05) is 0 Å². The van der Waals surface area contributed by atoms with Crippen LogP contribution in [0.3, 0.4) is 0 Å². The van der Waals surface area contributed by atoms with Crippen LogP contribution in [0.1, 0.15) is 30.1 Å². The molecule has 1 fully saturated rings. The molecule has 0 aromatic heterocycles. The van der Waals surface area contributed by atoms with Crippen LogP contribution in [0.5, 0.6) is 0 Å². The number of amides is 2. The quantitative estimate of drug-likeness (QED) is 0.726. The van der Waals surface area contributed by atoms with Gasteiger partial charge < -0.3 is 16.0 Å². The number of primary amides is 1. The maximum absolute atomic E-state index is 12.0. The summed E-state index contributed by atoms with van der Waals surface area (Å²) in [7, 11) is 0. The lowest BCUT2D eigenvalue weighted by molar-refractivity contribution is -0.900. The summed E-state index contributed by atoms with van der Waals surface area (Å²) in [4.78, 5) is 24.3. The molecule has 1 aromatic carbocycles. The fraction of sp³-hybridized carbons (Fsp3) is 0.467. The first-order chi connectivity index (χ1) is 9.54. The number of carbonyl (C=O) groups is 2. The lowest BCUT2D eigenvalue weighted by atomic mass is 10.0. The molecule has 1 saturated heterocycles. The summed E-state index contributed by atoms with van der Waals surface area (Å²) in [5.41, 5.74) is 6.31. The second kappa shape index (κ2) is 6.52. The molecule has 0 aliphatic carbocycles. The van der Waals surface area contributed by atoms with Crippen LogP contribution in [0.2, 0.25) is 0 Å². The minimum Gasteiger partial charge on any atom is -0.366 e. The van der Waals surface area contributed by atoms with E-state index in [9.17, 15) is 9.59 Å². The number of rotatable bonds is 4. The summed E-state index contributed by atoms with van der Waals surface area (Å²) >= 11 is 0. The van der Waals surface area contributed by atoms with Crippen molar-refractivity contribution in [1.82, 2.24) is 0 Å². The Morgan fingerprint density at radius 3 is 2.65 bits per heavy atom. The predicted octanol–water partition coefficient (Wildman–Crippen LogP) is 0.0388. The van der Waals surface area contributed by atoms with Crippen molar-refractivity contribution in [2.24, 2.45) is 11.7 Å². The summed E-state index contributed by atoms with van der Waals surface area (Å²) in [6.07, 6.45) is 2.46. The molecule has 108 valence electrons. The average molecular weight is 276 g/mol. The van der Waals surface area contributed by atoms with Gasteiger partial charge in [-0.05, 0) is 37.1 Å². The van der Waals surface area contributed by atoms with E-state index in [1.165, 1.54) is 17.7 Å². The van der Waals surface area contributed by atoms with Crippen molar-refractivity contribution in [3.05, 3.63) is 29.8 Å². The Balaban J connectivity index is 1.86. The van der Waals surface area contributed by atoms with Gasteiger partial charge in [0.15, 0.2) is 6.54 Å². The summed E-state index contributed by atoms with van der Waals surface area (Å²) in [6.45, 7) is 4.87. The molecule has 5 heteroatoms. The number of quaternary nitrogens is 1. The summed E-state index contributed by atoms with van der Waals surface area (Å²) in [5.74, 6) is 0.247. The Morgan fingerprint density at radius 2 is 2.05 bits per heavy atom. The number of benzene rings is 1. The third-order valence-corrected chi connectivity index (χ3v) is 3.73. The van der Waals surface area contributed by atoms with E-state index < -0.39 is 5.91 Å². The highest BCUT2D eigenvalue weighted by Gasteiger charge is 2.21. The first kappa shape index (κ1) is 14.5. The second-order valence-corrected chi connectivity index (χ2v) is 5.62. The molecule has 2 amide bonds. The number of piperidine rings is 1. The van der Waals surface area contributed by atoms with Gasteiger partial charge in [-0.2, -0.15) is 0 Å². The highest BCUT2D eigenvalue weighted by molar-refractivity contribution is 5.95. The number of carbonyl (C=O) groups excluding carboxylic acids is 2. The molecule has 1 aliphatic rings. The zero-order valence-corrected chi connectivity index (χ0v) is 11.8. The minimum atomic E-state index is -0.463. The van der Waals surface area contributed by atoms with Crippen LogP contribution in [0.4, 0.5) is 5.69 Å². The number of hydrogen-bond donors (Lipinski definition) is 3. The molecule has 4 N–H and O–H groups in total. The number of hydrogen-bond acceptors (Lipinski definition) is 2. The van der Waals surface area contributed by atoms with Gasteiger partial charge in [0.2, 0.25) is 5.91 Å². The van der Waals surface area contributed by atoms with Gasteiger partial charge in [0.05, 0.1) is 13.1 Å². The topological polar surface area (TPSA) is 76.6 Å². The monoisotopic (exact) mass is 276 g/mol. The second-order valence-electron chi connectivity index (χ2n) is 5.62. The molecule has 1 heterocycles. The Hall–Kier alpha value is -1.88. The van der Waals surface area contributed by atoms with Crippen LogP contribution in [0, 0.1) is 5.92 Å². The first-order valence-electron chi connectivity index (χ1n) is 7.08. The largest absolute Gasteiger partial charge is 0.366 e. The maximum Gasteiger partial charge on any atom is 0.279 e. The van der Waals surface area contributed by atoms with Crippen LogP contribution < -0.4 is 16.0 Å². The number of nitrogens with two attached hydrogens (primary N) is 1. The van der Waals surface area contributed by atoms with E-state index in [2.05, 4.69) is 12.2 Å². The van der Waals surface area contributed by atoms with E-state index in [4.69, 9.17) is 5.73 Å². The first-order valence-corrected chi connectivity index (χ1v) is 7.08. The number of nitrogens with one attached hydrogen (secondary N) is 2. The molecule has 5 nitrogen and oxygen atoms in total. The summed E-state index contributed by atoms with van der Waals surface area (Å²) in [5, 5.41) is 2.86. The van der Waals surface area contributed by atoms with E-state index in [0.29, 0.717) is 23.7 Å². The van der Waals surface area contributed by atoms with Crippen molar-refractivity contribution in [2.45, 2.75) is 19.8 Å². The highest BCUT2D eigenvalue weighted by Crippen LogP contribution is 2.09. The van der Waals surface area contributed by atoms with Crippen LogP contribution in [0.15, 0.2) is 24.3 Å². The molecule has 1 aliphatic heterocycles. The van der Waals surface area contributed by atoms with Gasteiger partial charge in [-0.3, -0.25) is 9.59 Å². The Kier molecular flexibility index (Phi) is 4.74. The average Bonchev–Trinajstić information content (AvgIpc) is 2.39. The van der Waals surface area contributed by atoms with E-state index in [1.54, 1.807) is 24.3 Å². The van der Waals surface area contributed by atoms with E-state index in [-0.39, 0.29) is 5.91 Å². The fourth-order valence-corrected chi connectivity index (χ4v) is 2.71. The summed E-state index contributed by atoms with van der Waals surface area (Å²) < 4.78 is 0. The molecular weight excluding hydrogens is 254 g/mol. The van der Waals surface area contributed by atoms with Crippen LogP contribution in [-0.2, 0) is 4.79 Å². The van der Waals surface area contributed by atoms with Crippen molar-refractivity contribution >= 4 is 17.5 Å². The number of likely N-dealkylation sites (tertiary alicyclic amines) is 1. The van der Waals surface area contributed by atoms with Gasteiger partial charge in [-0.25, -0.2) is 0 Å². The van der Waals surface area contributed by atoms with Crippen molar-refractivity contribution in [3.8, 4) is 0 Å². The highest BCUT2D eigenvalue weighted by atomic mass is 16.2. The van der Waals surface area contributed by atoms with Crippen LogP contribution >= 0.6 is 0 Å². The van der Waals surface area contributed by atoms with Gasteiger partial charge in [-0.1, -0.05) is 6.92 Å². The smallest absolute Gasteiger partial charge is 0.279 e. The van der Waals surface area contributed by atoms with Gasteiger partial charge in [0.25, 0.3) is 5.91 Å². The fourth-order valence-electron chi connectivity index (χ4n) is 2.71. The predicted molar refractivity (Wildman–Crippen MR) is 77.6 cm³/mol. The molecule has 0 bridgehead atoms. The van der Waals surface area contributed by atoms with Crippen molar-refractivity contribution in [3.63, 3.8) is 0 Å². The van der Waals surface area contributed by atoms with E-state index in [0.717, 1.165) is 13.1 Å². The molecule has 20 heavy (non-hydrogen) atoms. The lowest BCUT2D eigenvalue weighted by Crippen LogP contribution is -3.14. The van der Waals surface area contributed by atoms with Gasteiger partial charge in [0.1, 0.15) is 0 Å². The van der Waals surface area contributed by atoms with Crippen LogP contribution in [0.25, 0.3) is 0 Å². The molecule has 0 radical (unpaired) electrons. The minimum absolute atomic E-state index is 0.0147. The zero-order valence-electron chi connectivity index (χ0n) is 11.8. The van der Waals surface area contributed by atoms with Crippen molar-refractivity contribution in [1.29, 1.82) is 0 Å². The Morgan fingerprint density at radius 1 is 1.35 bits per heavy atom. The van der Waals surface area contributed by atoms with Crippen LogP contribution in [-0.4, -0.2) is 31.4 Å².